The van der Waals surface area contributed by atoms with Crippen molar-refractivity contribution in [3.8, 4) is 57.1 Å². The highest BCUT2D eigenvalue weighted by Crippen LogP contribution is 2.50. The molecule has 542 valence electrons. The Bertz CT molecular complexity index is 4070. The van der Waals surface area contributed by atoms with Gasteiger partial charge < -0.3 is 123 Å². The molecule has 5 aromatic carbocycles. The lowest BCUT2D eigenvalue weighted by atomic mass is 9.86. The molecule has 2 saturated heterocycles. The van der Waals surface area contributed by atoms with Gasteiger partial charge in [0, 0.05) is 29.2 Å². The molecule has 7 aliphatic heterocycles. The lowest BCUT2D eigenvalue weighted by Gasteiger charge is -2.47. The van der Waals surface area contributed by atoms with Crippen LogP contribution in [0.1, 0.15) is 112 Å². The first-order chi connectivity index (χ1) is 47.7. The van der Waals surface area contributed by atoms with Crippen molar-refractivity contribution in [1.82, 2.24) is 37.2 Å². The number of aliphatic hydroxyl groups is 6. The van der Waals surface area contributed by atoms with E-state index in [0.717, 1.165) is 67.6 Å². The predicted molar refractivity (Wildman–Crippen MR) is 352 cm³/mol. The van der Waals surface area contributed by atoms with E-state index in [1.165, 1.54) is 39.1 Å². The zero-order valence-corrected chi connectivity index (χ0v) is 56.4. The maximum atomic E-state index is 16.0. The molecule has 7 heterocycles. The third kappa shape index (κ3) is 15.9. The van der Waals surface area contributed by atoms with E-state index in [-0.39, 0.29) is 68.7 Å². The van der Waals surface area contributed by atoms with Crippen LogP contribution < -0.4 is 62.9 Å². The third-order valence-corrected chi connectivity index (χ3v) is 18.5. The van der Waals surface area contributed by atoms with Crippen LogP contribution in [-0.4, -0.2) is 186 Å². The Morgan fingerprint density at radius 1 is 0.713 bits per heavy atom. The molecule has 7 amide bonds. The van der Waals surface area contributed by atoms with Gasteiger partial charge in [-0.2, -0.15) is 0 Å². The molecule has 20 N–H and O–H groups in total. The first kappa shape index (κ1) is 74.7. The van der Waals surface area contributed by atoms with Crippen LogP contribution in [0.5, 0.6) is 46.0 Å². The van der Waals surface area contributed by atoms with E-state index in [1.807, 2.05) is 13.8 Å². The van der Waals surface area contributed by atoms with Gasteiger partial charge in [0.05, 0.1) is 41.3 Å². The van der Waals surface area contributed by atoms with Gasteiger partial charge in [0.1, 0.15) is 95.5 Å². The highest BCUT2D eigenvalue weighted by Gasteiger charge is 2.51. The van der Waals surface area contributed by atoms with Crippen LogP contribution in [0.25, 0.3) is 11.1 Å². The van der Waals surface area contributed by atoms with Crippen LogP contribution in [0.2, 0.25) is 10.0 Å². The molecule has 12 rings (SSSR count). The number of likely N-dealkylation sites (N-methyl/N-ethyl adjacent to an activating group) is 1. The zero-order chi connectivity index (χ0) is 73.5. The number of nitrogens with one attached hydrogen (secondary N) is 7. The molecule has 0 aliphatic carbocycles. The van der Waals surface area contributed by atoms with E-state index in [1.54, 1.807) is 0 Å². The molecule has 2 fully saturated rings. The fraction of sp³-hybridized carbons (Fsp3) is 0.433. The summed E-state index contributed by atoms with van der Waals surface area (Å²) in [6.45, 7) is 6.74. The summed E-state index contributed by atoms with van der Waals surface area (Å²) in [5.74, 6) is -14.3. The number of ether oxygens (including phenoxy) is 6. The Hall–Kier alpha value is -9.00. The van der Waals surface area contributed by atoms with E-state index in [9.17, 15) is 69.9 Å². The minimum atomic E-state index is -2.32. The van der Waals surface area contributed by atoms with Crippen LogP contribution in [0, 0.1) is 5.92 Å². The molecule has 0 radical (unpaired) electrons. The number of nitrogens with two attached hydrogens (primary N) is 2. The third-order valence-electron chi connectivity index (χ3n) is 17.9. The topological polar surface area (TPSA) is 510 Å². The minimum Gasteiger partial charge on any atom is -0.508 e. The van der Waals surface area contributed by atoms with Crippen molar-refractivity contribution in [2.45, 2.75) is 163 Å². The number of rotatable bonds is 13. The van der Waals surface area contributed by atoms with Gasteiger partial charge in [-0.3, -0.25) is 38.4 Å². The van der Waals surface area contributed by atoms with Crippen molar-refractivity contribution in [3.63, 3.8) is 0 Å². The molecule has 32 nitrogen and oxygen atoms in total. The lowest BCUT2D eigenvalue weighted by molar-refractivity contribution is -0.333. The van der Waals surface area contributed by atoms with Gasteiger partial charge in [0.2, 0.25) is 53.4 Å². The quantitative estimate of drug-likeness (QED) is 0.0768. The zero-order valence-electron chi connectivity index (χ0n) is 54.9. The number of primary amides is 1. The number of hydrogen-bond donors (Lipinski definition) is 18. The normalized spacial score (nSPS) is 29.4. The number of carbonyl (C=O) groups is 8. The largest absolute Gasteiger partial charge is 0.508 e. The number of amides is 7. The van der Waals surface area contributed by atoms with Crippen molar-refractivity contribution in [2.24, 2.45) is 17.4 Å². The van der Waals surface area contributed by atoms with Gasteiger partial charge in [-0.15, -0.1) is 0 Å². The Labute approximate surface area is 585 Å². The molecule has 5 aromatic rings. The Morgan fingerprint density at radius 3 is 1.90 bits per heavy atom. The fourth-order valence-electron chi connectivity index (χ4n) is 12.6. The van der Waals surface area contributed by atoms with Gasteiger partial charge in [0.25, 0.3) is 0 Å². The van der Waals surface area contributed by atoms with Crippen molar-refractivity contribution in [1.29, 1.82) is 0 Å². The number of hydrogen-bond acceptors (Lipinski definition) is 25. The molecule has 18 unspecified atom stereocenters. The van der Waals surface area contributed by atoms with Gasteiger partial charge >= 0.3 is 0 Å². The monoisotopic (exact) mass is 1450 g/mol. The summed E-state index contributed by atoms with van der Waals surface area (Å²) in [7, 11) is 1.48. The molecule has 0 saturated carbocycles. The number of ketones is 1. The highest BCUT2D eigenvalue weighted by atomic mass is 35.5. The number of Topliss-reactive ketones (excluding diaryl/α,β-unsaturated/α-hetero) is 1. The van der Waals surface area contributed by atoms with E-state index in [0.29, 0.717) is 0 Å². The van der Waals surface area contributed by atoms with E-state index < -0.39 is 214 Å². The van der Waals surface area contributed by atoms with Crippen LogP contribution in [0.4, 0.5) is 0 Å². The summed E-state index contributed by atoms with van der Waals surface area (Å²) in [6, 6.07) is 0.642. The number of phenolic OH excluding ortho intramolecular Hbond substituents is 3. The summed E-state index contributed by atoms with van der Waals surface area (Å²) in [6.07, 6.45) is -18.3. The number of halogens is 2. The maximum Gasteiger partial charge on any atom is 0.248 e. The standard InChI is InChI=1S/C67H77Cl2N9O23/c1-24(2)13-36(72-6)60(90)77-51-53(85)28-8-11-40(34(68)15-28)97-42-17-30-18-43(57(42)101-66-58(56(88)55(87)44(23-79)99-66)100-46-22-67(5,71)59(89)26(4)96-46)98-41-12-9-29(16-35(41)69)54(86)52-65(95)74-48(25(3)80)33-19-31(81)20-39(83)47(33)32-14-27(7-10-38(32)82)49(62(92)78-52)76-63(93)50(30)75-61(91)37(21-45(70)84)73-64(51)94/h7-12,14-20,24,26,36-37,44,46,48-56,58-59,66,72,79,81-83,85-89H,13,21-23,71H2,1-6H3,(H2,70,84)(H,73,94)(H,74,95)(H,75,91)(H,76,93)(H,77,90)(H,78,92). The van der Waals surface area contributed by atoms with Crippen LogP contribution in [0.15, 0.2) is 78.9 Å². The summed E-state index contributed by atoms with van der Waals surface area (Å²) >= 11 is 14.1. The molecule has 7 aliphatic rings. The average molecular weight is 1450 g/mol. The number of aliphatic hydroxyl groups excluding tert-OH is 6. The second-order valence-corrected chi connectivity index (χ2v) is 26.8. The van der Waals surface area contributed by atoms with Crippen LogP contribution in [0.3, 0.4) is 0 Å². The molecule has 0 aromatic heterocycles. The SMILES string of the molecule is CNC(CC(C)C)C(=O)NC1C(=O)NC(CC(N)=O)C(=O)NC2C(=O)NC3C(=O)NC(C(=O)NC(C(C)=O)c4cc(O)cc(O)c4-c4cc3ccc4O)C(O)c3ccc(c(Cl)c3)Oc3cc2cc(c3OC2OC(CO)C(O)C(O)C2OC2CC(C)(N)C(O)C(C)O2)Oc2ccc(cc2Cl)C1O. The Morgan fingerprint density at radius 2 is 1.32 bits per heavy atom. The summed E-state index contributed by atoms with van der Waals surface area (Å²) < 4.78 is 38.4. The highest BCUT2D eigenvalue weighted by molar-refractivity contribution is 6.32. The smallest absolute Gasteiger partial charge is 0.248 e. The Balaban J connectivity index is 1.24. The molecule has 18 atom stereocenters. The predicted octanol–water partition coefficient (Wildman–Crippen LogP) is 0.611. The van der Waals surface area contributed by atoms with Gasteiger partial charge in [-0.25, -0.2) is 0 Å². The molecular weight excluding hydrogens is 1370 g/mol. The maximum absolute atomic E-state index is 16.0. The van der Waals surface area contributed by atoms with Gasteiger partial charge in [0.15, 0.2) is 29.7 Å². The number of fused-ring (bicyclic) bond motifs is 15. The first-order valence-electron chi connectivity index (χ1n) is 31.9. The van der Waals surface area contributed by atoms with Gasteiger partial charge in [-0.1, -0.05) is 55.2 Å². The molecule has 101 heavy (non-hydrogen) atoms. The van der Waals surface area contributed by atoms with Crippen molar-refractivity contribution >= 4 is 70.3 Å². The fourth-order valence-corrected chi connectivity index (χ4v) is 13.1. The van der Waals surface area contributed by atoms with E-state index in [4.69, 9.17) is 63.1 Å². The average Bonchev–Trinajstić information content (AvgIpc) is 0.775. The van der Waals surface area contributed by atoms with Crippen LogP contribution in [-0.2, 0) is 52.6 Å². The van der Waals surface area contributed by atoms with Gasteiger partial charge in [-0.05, 0) is 123 Å². The number of carbonyl (C=O) groups excluding carboxylic acids is 8. The molecular formula is C67H77Cl2N9O23. The van der Waals surface area contributed by atoms with Crippen molar-refractivity contribution in [3.05, 3.63) is 117 Å². The second-order valence-electron chi connectivity index (χ2n) is 26.0. The van der Waals surface area contributed by atoms with Crippen molar-refractivity contribution < 1.29 is 113 Å². The Kier molecular flexibility index (Phi) is 22.4. The van der Waals surface area contributed by atoms with E-state index in [2.05, 4.69) is 37.2 Å². The van der Waals surface area contributed by atoms with Crippen molar-refractivity contribution in [2.75, 3.05) is 13.7 Å². The number of phenols is 3. The summed E-state index contributed by atoms with van der Waals surface area (Å²) in [4.78, 5) is 117. The summed E-state index contributed by atoms with van der Waals surface area (Å²) in [5.41, 5.74) is 8.71. The minimum absolute atomic E-state index is 0.0900. The second kappa shape index (κ2) is 30.3. The number of aromatic hydroxyl groups is 3. The summed E-state index contributed by atoms with van der Waals surface area (Å²) in [5, 5.41) is 121. The lowest BCUT2D eigenvalue weighted by Crippen LogP contribution is -2.64. The molecule has 0 spiro atoms. The van der Waals surface area contributed by atoms with Crippen LogP contribution >= 0.6 is 23.2 Å². The molecule has 34 heteroatoms. The van der Waals surface area contributed by atoms with E-state index >= 15 is 14.4 Å². The molecule has 11 bridgehead atoms. The first-order valence-corrected chi connectivity index (χ1v) is 32.7. The number of benzene rings is 5.